The molecule has 0 unspecified atom stereocenters. The number of aliphatic imine (C=N–C) groups is 1. The number of carbonyl (C=O) groups is 5. The van der Waals surface area contributed by atoms with E-state index in [4.69, 9.17) is 10.5 Å². The number of nitrogens with zero attached hydrogens (tertiary/aromatic N) is 6. The number of hydrogen-bond acceptors (Lipinski definition) is 11. The fourth-order valence-corrected chi connectivity index (χ4v) is 9.24. The van der Waals surface area contributed by atoms with Crippen LogP contribution in [0.25, 0.3) is 0 Å². The summed E-state index contributed by atoms with van der Waals surface area (Å²) in [4.78, 5) is 73.8. The van der Waals surface area contributed by atoms with Gasteiger partial charge in [-0.1, -0.05) is 51.2 Å². The lowest BCUT2D eigenvalue weighted by molar-refractivity contribution is -0.146. The van der Waals surface area contributed by atoms with E-state index >= 15 is 0 Å². The lowest BCUT2D eigenvalue weighted by atomic mass is 9.84. The molecule has 5 rings (SSSR count). The zero-order chi connectivity index (χ0) is 40.1. The summed E-state index contributed by atoms with van der Waals surface area (Å²) in [5.74, 6) is -4.28. The zero-order valence-electron chi connectivity index (χ0n) is 31.9. The predicted octanol–water partition coefficient (Wildman–Crippen LogP) is 1.65. The number of likely N-dealkylation sites (tertiary alicyclic amines) is 1. The second-order valence-electron chi connectivity index (χ2n) is 15.0. The molecule has 2 aliphatic heterocycles. The van der Waals surface area contributed by atoms with E-state index in [2.05, 4.69) is 20.6 Å². The minimum Gasteiger partial charge on any atom is -0.384 e. The molecule has 0 bridgehead atoms. The van der Waals surface area contributed by atoms with Crippen LogP contribution in [0.2, 0.25) is 0 Å². The van der Waals surface area contributed by atoms with Crippen molar-refractivity contribution in [3.63, 3.8) is 0 Å². The van der Waals surface area contributed by atoms with E-state index < -0.39 is 62.7 Å². The van der Waals surface area contributed by atoms with Crippen LogP contribution in [-0.4, -0.2) is 117 Å². The van der Waals surface area contributed by atoms with E-state index in [0.29, 0.717) is 5.69 Å². The summed E-state index contributed by atoms with van der Waals surface area (Å²) >= 11 is 0. The van der Waals surface area contributed by atoms with Gasteiger partial charge < -0.3 is 25.8 Å². The predicted molar refractivity (Wildman–Crippen MR) is 199 cm³/mol. The van der Waals surface area contributed by atoms with Gasteiger partial charge in [0.1, 0.15) is 22.9 Å². The summed E-state index contributed by atoms with van der Waals surface area (Å²) < 4.78 is 34.3. The van der Waals surface area contributed by atoms with Gasteiger partial charge in [0.25, 0.3) is 17.7 Å². The number of carbonyl (C=O) groups excluding carboxylic acids is 5. The first-order valence-electron chi connectivity index (χ1n) is 18.9. The van der Waals surface area contributed by atoms with Crippen molar-refractivity contribution in [2.75, 3.05) is 32.8 Å². The first-order chi connectivity index (χ1) is 26.0. The molecule has 2 atom stereocenters. The molecule has 0 spiro atoms. The van der Waals surface area contributed by atoms with E-state index in [0.717, 1.165) is 32.1 Å². The number of nitrogens with two attached hydrogens (primary N) is 1. The van der Waals surface area contributed by atoms with Gasteiger partial charge >= 0.3 is 0 Å². The first-order valence-corrected chi connectivity index (χ1v) is 20.4. The van der Waals surface area contributed by atoms with Gasteiger partial charge in [0.05, 0.1) is 22.8 Å². The van der Waals surface area contributed by atoms with Gasteiger partial charge in [-0.3, -0.25) is 24.0 Å². The first kappa shape index (κ1) is 41.8. The number of rotatable bonds is 14. The van der Waals surface area contributed by atoms with Crippen LogP contribution in [0, 0.1) is 5.92 Å². The molecule has 1 aromatic carbocycles. The quantitative estimate of drug-likeness (QED) is 0.184. The Morgan fingerprint density at radius 3 is 2.27 bits per heavy atom. The maximum absolute atomic E-state index is 14.8. The molecule has 1 aromatic heterocycles. The van der Waals surface area contributed by atoms with E-state index in [1.165, 1.54) is 44.3 Å². The summed E-state index contributed by atoms with van der Waals surface area (Å²) in [7, 11) is -3.78. The number of ketones is 1. The molecule has 2 aromatic rings. The average molecular weight is 785 g/mol. The third kappa shape index (κ3) is 9.19. The van der Waals surface area contributed by atoms with Gasteiger partial charge in [-0.2, -0.15) is 4.31 Å². The monoisotopic (exact) mass is 784 g/mol. The Kier molecular flexibility index (Phi) is 13.0. The van der Waals surface area contributed by atoms with Crippen LogP contribution in [0.3, 0.4) is 0 Å². The molecule has 18 heteroatoms. The number of benzene rings is 1. The van der Waals surface area contributed by atoms with Gasteiger partial charge in [-0.25, -0.2) is 18.1 Å². The van der Waals surface area contributed by atoms with Crippen LogP contribution >= 0.6 is 0 Å². The standard InChI is InChI=1S/C37H52N8O9S/c1-5-43(6-2)55(52,53)27-14-12-25(13-15-27)33(48)40-28(20-24-10-8-7-9-11-24)35(50)44-23-26(45-30(22-39-42-45)36(3,4)51)21-29(44)34(49)41-37(31(46)32(38)47)16-18-54-19-17-37/h12-15,22,24,26,29,51H,5-11,16-21,23H2,1-4H3,(H2,38,47)(H,41,49)/t26-,29-/m0/s1. The number of hydrogen-bond donors (Lipinski definition) is 3. The van der Waals surface area contributed by atoms with Crippen molar-refractivity contribution in [2.24, 2.45) is 16.6 Å². The average Bonchev–Trinajstić information content (AvgIpc) is 3.84. The molecule has 1 saturated carbocycles. The zero-order valence-corrected chi connectivity index (χ0v) is 32.7. The van der Waals surface area contributed by atoms with Crippen molar-refractivity contribution >= 4 is 45.1 Å². The highest BCUT2D eigenvalue weighted by molar-refractivity contribution is 7.89. The maximum Gasteiger partial charge on any atom is 0.287 e. The van der Waals surface area contributed by atoms with Gasteiger partial charge in [-0.05, 0) is 50.5 Å². The van der Waals surface area contributed by atoms with Gasteiger partial charge in [0.2, 0.25) is 21.7 Å². The largest absolute Gasteiger partial charge is 0.384 e. The molecule has 1 aliphatic carbocycles. The number of amides is 4. The van der Waals surface area contributed by atoms with Crippen molar-refractivity contribution in [1.29, 1.82) is 0 Å². The van der Waals surface area contributed by atoms with Crippen LogP contribution < -0.4 is 11.1 Å². The van der Waals surface area contributed by atoms with E-state index in [1.54, 1.807) is 27.7 Å². The number of aromatic nitrogens is 3. The van der Waals surface area contributed by atoms with Gasteiger partial charge in [0, 0.05) is 57.7 Å². The molecule has 3 fully saturated rings. The van der Waals surface area contributed by atoms with Gasteiger partial charge in [0.15, 0.2) is 0 Å². The fraction of sp³-hybridized carbons (Fsp3) is 0.622. The van der Waals surface area contributed by atoms with Crippen molar-refractivity contribution in [1.82, 2.24) is 29.5 Å². The Labute approximate surface area is 321 Å². The normalized spacial score (nSPS) is 21.1. The summed E-state index contributed by atoms with van der Waals surface area (Å²) in [6.07, 6.45) is 6.13. The number of aliphatic hydroxyl groups is 1. The molecule has 2 saturated heterocycles. The SMILES string of the molecule is CCN(CC)S(=O)(=O)c1ccc(C(=O)N=C(CC2CCCCC2)C(=O)N2C[C@@H](n3nncc3C(C)(C)O)C[C@H]2C(=O)NC2(C(=O)C(N)=O)CCOCC2)cc1. The fourth-order valence-electron chi connectivity index (χ4n) is 7.78. The minimum atomic E-state index is -3.78. The minimum absolute atomic E-state index is 0.00547. The molecule has 4 N–H and O–H groups in total. The van der Waals surface area contributed by atoms with E-state index in [1.807, 2.05) is 0 Å². The number of Topliss-reactive ketones (excluding diaryl/α,β-unsaturated/α-hetero) is 1. The van der Waals surface area contributed by atoms with Crippen molar-refractivity contribution in [2.45, 2.75) is 114 Å². The van der Waals surface area contributed by atoms with Crippen molar-refractivity contribution < 1.29 is 42.2 Å². The highest BCUT2D eigenvalue weighted by Gasteiger charge is 2.49. The lowest BCUT2D eigenvalue weighted by Crippen LogP contribution is -2.63. The molecule has 3 heterocycles. The number of nitrogens with one attached hydrogen (secondary N) is 1. The third-order valence-electron chi connectivity index (χ3n) is 10.9. The second kappa shape index (κ2) is 17.2. The summed E-state index contributed by atoms with van der Waals surface area (Å²) in [6.45, 7) is 7.23. The molecular formula is C37H52N8O9S. The maximum atomic E-state index is 14.8. The molecule has 300 valence electrons. The van der Waals surface area contributed by atoms with Crippen LogP contribution in [0.5, 0.6) is 0 Å². The number of ether oxygens (including phenoxy) is 1. The third-order valence-corrected chi connectivity index (χ3v) is 13.0. The molecule has 17 nitrogen and oxygen atoms in total. The Balaban J connectivity index is 1.52. The lowest BCUT2D eigenvalue weighted by Gasteiger charge is -2.37. The molecule has 0 radical (unpaired) electrons. The van der Waals surface area contributed by atoms with E-state index in [-0.39, 0.29) is 80.6 Å². The van der Waals surface area contributed by atoms with Crippen LogP contribution in [0.4, 0.5) is 0 Å². The molecule has 4 amide bonds. The number of primary amides is 1. The Hall–Kier alpha value is -4.39. The highest BCUT2D eigenvalue weighted by Crippen LogP contribution is 2.34. The van der Waals surface area contributed by atoms with Crippen molar-refractivity contribution in [3.8, 4) is 0 Å². The second-order valence-corrected chi connectivity index (χ2v) is 17.0. The van der Waals surface area contributed by atoms with Crippen LogP contribution in [0.1, 0.15) is 108 Å². The Morgan fingerprint density at radius 2 is 1.69 bits per heavy atom. The van der Waals surface area contributed by atoms with E-state index in [9.17, 15) is 37.5 Å². The molecule has 3 aliphatic rings. The topological polar surface area (TPSA) is 237 Å². The summed E-state index contributed by atoms with van der Waals surface area (Å²) in [5, 5.41) is 21.8. The van der Waals surface area contributed by atoms with Crippen LogP contribution in [-0.2, 0) is 39.5 Å². The summed E-state index contributed by atoms with van der Waals surface area (Å²) in [6, 6.07) is 3.52. The smallest absolute Gasteiger partial charge is 0.287 e. The van der Waals surface area contributed by atoms with Crippen LogP contribution in [0.15, 0.2) is 40.4 Å². The van der Waals surface area contributed by atoms with Gasteiger partial charge in [-0.15, -0.1) is 5.10 Å². The Morgan fingerprint density at radius 1 is 1.05 bits per heavy atom. The Bertz CT molecular complexity index is 1890. The summed E-state index contributed by atoms with van der Waals surface area (Å²) in [5.41, 5.74) is 2.75. The molecular weight excluding hydrogens is 733 g/mol. The molecule has 55 heavy (non-hydrogen) atoms. The highest BCUT2D eigenvalue weighted by atomic mass is 32.2. The number of sulfonamides is 1. The van der Waals surface area contributed by atoms with Crippen molar-refractivity contribution in [3.05, 3.63) is 41.7 Å².